The molecule has 0 fully saturated rings. The molecule has 11 nitrogen and oxygen atoms in total. The number of aromatic nitrogens is 4. The molecule has 1 amide bonds. The Kier molecular flexibility index (Phi) is 7.03. The molecule has 0 saturated carbocycles. The average Bonchev–Trinajstić information content (AvgIpc) is 3.07. The standard InChI is InChI=1S/C20H30N6O5S/c1-14(22-19(27)31-20(2,3)4)12-30-13-16-23-18-11-25(8-9-26(18)24-16)17-7-6-15(10-21-17)32(5,28)29/h6-7,10,14H,8-9,11-13H2,1-5H3,(H,22,27). The fraction of sp³-hybridized carbons (Fsp3) is 0.600. The minimum absolute atomic E-state index is 0.191. The summed E-state index contributed by atoms with van der Waals surface area (Å²) in [4.78, 5) is 22.8. The quantitative estimate of drug-likeness (QED) is 0.646. The number of alkyl carbamates (subject to hydrolysis) is 1. The average molecular weight is 467 g/mol. The molecule has 2 aromatic rings. The lowest BCUT2D eigenvalue weighted by Gasteiger charge is -2.27. The van der Waals surface area contributed by atoms with Gasteiger partial charge < -0.3 is 19.7 Å². The number of hydrogen-bond donors (Lipinski definition) is 1. The van der Waals surface area contributed by atoms with Crippen LogP contribution in [0, 0.1) is 0 Å². The molecule has 1 aliphatic heterocycles. The summed E-state index contributed by atoms with van der Waals surface area (Å²) in [6.45, 7) is 9.59. The molecule has 3 heterocycles. The van der Waals surface area contributed by atoms with E-state index in [-0.39, 0.29) is 17.5 Å². The zero-order chi connectivity index (χ0) is 23.5. The number of nitrogens with one attached hydrogen (secondary N) is 1. The van der Waals surface area contributed by atoms with Crippen LogP contribution in [0.4, 0.5) is 10.6 Å². The van der Waals surface area contributed by atoms with Crippen molar-refractivity contribution in [3.05, 3.63) is 30.0 Å². The van der Waals surface area contributed by atoms with Crippen molar-refractivity contribution < 1.29 is 22.7 Å². The fourth-order valence-electron chi connectivity index (χ4n) is 3.10. The van der Waals surface area contributed by atoms with E-state index >= 15 is 0 Å². The maximum absolute atomic E-state index is 11.8. The van der Waals surface area contributed by atoms with Crippen molar-refractivity contribution in [3.8, 4) is 0 Å². The van der Waals surface area contributed by atoms with Gasteiger partial charge in [0, 0.05) is 19.0 Å². The summed E-state index contributed by atoms with van der Waals surface area (Å²) in [5.41, 5.74) is -0.552. The summed E-state index contributed by atoms with van der Waals surface area (Å²) in [7, 11) is -3.28. The predicted octanol–water partition coefficient (Wildman–Crippen LogP) is 1.53. The predicted molar refractivity (Wildman–Crippen MR) is 117 cm³/mol. The lowest BCUT2D eigenvalue weighted by Crippen LogP contribution is -2.39. The van der Waals surface area contributed by atoms with E-state index in [9.17, 15) is 13.2 Å². The largest absolute Gasteiger partial charge is 0.444 e. The number of fused-ring (bicyclic) bond motifs is 1. The molecular formula is C20H30N6O5S. The van der Waals surface area contributed by atoms with Crippen LogP contribution in [0.2, 0.25) is 0 Å². The van der Waals surface area contributed by atoms with Gasteiger partial charge in [0.2, 0.25) is 0 Å². The van der Waals surface area contributed by atoms with Crippen molar-refractivity contribution in [2.24, 2.45) is 0 Å². The number of ether oxygens (including phenoxy) is 2. The highest BCUT2D eigenvalue weighted by molar-refractivity contribution is 7.90. The number of nitrogens with zero attached hydrogens (tertiary/aromatic N) is 5. The maximum atomic E-state index is 11.8. The van der Waals surface area contributed by atoms with Gasteiger partial charge in [-0.25, -0.2) is 27.9 Å². The fourth-order valence-corrected chi connectivity index (χ4v) is 3.66. The molecule has 1 aliphatic rings. The molecule has 0 saturated heterocycles. The third-order valence-electron chi connectivity index (χ3n) is 4.54. The Morgan fingerprint density at radius 3 is 2.66 bits per heavy atom. The molecule has 2 aromatic heterocycles. The number of amides is 1. The minimum atomic E-state index is -3.28. The van der Waals surface area contributed by atoms with Gasteiger partial charge in [-0.1, -0.05) is 0 Å². The van der Waals surface area contributed by atoms with Crippen molar-refractivity contribution in [1.82, 2.24) is 25.1 Å². The summed E-state index contributed by atoms with van der Waals surface area (Å²) in [5, 5.41) is 7.20. The second-order valence-electron chi connectivity index (χ2n) is 8.78. The number of carbonyl (C=O) groups is 1. The van der Waals surface area contributed by atoms with E-state index in [1.165, 1.54) is 6.20 Å². The number of rotatable bonds is 7. The highest BCUT2D eigenvalue weighted by atomic mass is 32.2. The lowest BCUT2D eigenvalue weighted by molar-refractivity contribution is 0.0437. The molecule has 0 spiro atoms. The first kappa shape index (κ1) is 23.9. The van der Waals surface area contributed by atoms with E-state index in [0.29, 0.717) is 37.9 Å². The SMILES string of the molecule is CC(COCc1nc2n(n1)CCN(c1ccc(S(C)(=O)=O)cn1)C2)NC(=O)OC(C)(C)C. The van der Waals surface area contributed by atoms with Crippen molar-refractivity contribution in [2.75, 3.05) is 24.3 Å². The normalized spacial score (nSPS) is 15.2. The van der Waals surface area contributed by atoms with E-state index in [0.717, 1.165) is 12.1 Å². The first-order valence-electron chi connectivity index (χ1n) is 10.3. The Bertz CT molecular complexity index is 1050. The third-order valence-corrected chi connectivity index (χ3v) is 5.64. The summed E-state index contributed by atoms with van der Waals surface area (Å²) in [5.74, 6) is 2.03. The third kappa shape index (κ3) is 6.63. The van der Waals surface area contributed by atoms with E-state index in [2.05, 4.69) is 20.4 Å². The summed E-state index contributed by atoms with van der Waals surface area (Å²) >= 11 is 0. The van der Waals surface area contributed by atoms with E-state index in [1.807, 2.05) is 37.3 Å². The number of hydrogen-bond acceptors (Lipinski definition) is 9. The van der Waals surface area contributed by atoms with Crippen LogP contribution in [0.15, 0.2) is 23.2 Å². The van der Waals surface area contributed by atoms with Crippen molar-refractivity contribution in [3.63, 3.8) is 0 Å². The number of sulfone groups is 1. The molecule has 1 atom stereocenters. The van der Waals surface area contributed by atoms with Crippen LogP contribution in [0.5, 0.6) is 0 Å². The Balaban J connectivity index is 1.50. The van der Waals surface area contributed by atoms with Gasteiger partial charge in [0.15, 0.2) is 15.7 Å². The summed E-state index contributed by atoms with van der Waals surface area (Å²) in [6.07, 6.45) is 2.04. The Morgan fingerprint density at radius 2 is 2.03 bits per heavy atom. The van der Waals surface area contributed by atoms with Crippen molar-refractivity contribution in [1.29, 1.82) is 0 Å². The van der Waals surface area contributed by atoms with Crippen LogP contribution >= 0.6 is 0 Å². The topological polar surface area (TPSA) is 129 Å². The highest BCUT2D eigenvalue weighted by Crippen LogP contribution is 2.19. The van der Waals surface area contributed by atoms with Gasteiger partial charge in [0.1, 0.15) is 23.9 Å². The van der Waals surface area contributed by atoms with Crippen LogP contribution in [0.1, 0.15) is 39.3 Å². The Morgan fingerprint density at radius 1 is 1.28 bits per heavy atom. The van der Waals surface area contributed by atoms with Gasteiger partial charge in [0.25, 0.3) is 0 Å². The lowest BCUT2D eigenvalue weighted by atomic mass is 10.2. The molecule has 176 valence electrons. The minimum Gasteiger partial charge on any atom is -0.444 e. The van der Waals surface area contributed by atoms with Gasteiger partial charge in [-0.2, -0.15) is 5.10 Å². The second-order valence-corrected chi connectivity index (χ2v) is 10.8. The molecule has 1 unspecified atom stereocenters. The summed E-state index contributed by atoms with van der Waals surface area (Å²) < 4.78 is 35.9. The second kappa shape index (κ2) is 9.41. The number of carbonyl (C=O) groups excluding carboxylic acids is 1. The summed E-state index contributed by atoms with van der Waals surface area (Å²) in [6, 6.07) is 3.03. The highest BCUT2D eigenvalue weighted by Gasteiger charge is 2.22. The van der Waals surface area contributed by atoms with Gasteiger partial charge in [0.05, 0.1) is 30.6 Å². The molecule has 12 heteroatoms. The van der Waals surface area contributed by atoms with Gasteiger partial charge in [-0.3, -0.25) is 0 Å². The first-order valence-corrected chi connectivity index (χ1v) is 12.2. The van der Waals surface area contributed by atoms with Gasteiger partial charge >= 0.3 is 6.09 Å². The molecule has 32 heavy (non-hydrogen) atoms. The van der Waals surface area contributed by atoms with Gasteiger partial charge in [-0.05, 0) is 39.8 Å². The molecular weight excluding hydrogens is 436 g/mol. The van der Waals surface area contributed by atoms with Crippen LogP contribution in [0.25, 0.3) is 0 Å². The van der Waals surface area contributed by atoms with Crippen LogP contribution in [0.3, 0.4) is 0 Å². The zero-order valence-corrected chi connectivity index (χ0v) is 19.8. The van der Waals surface area contributed by atoms with E-state index < -0.39 is 21.5 Å². The van der Waals surface area contributed by atoms with E-state index in [4.69, 9.17) is 9.47 Å². The Hall–Kier alpha value is -2.73. The molecule has 0 bridgehead atoms. The van der Waals surface area contributed by atoms with E-state index in [1.54, 1.807) is 12.1 Å². The number of anilines is 1. The van der Waals surface area contributed by atoms with Crippen LogP contribution in [-0.2, 0) is 39.0 Å². The first-order chi connectivity index (χ1) is 14.9. The zero-order valence-electron chi connectivity index (χ0n) is 19.0. The molecule has 3 rings (SSSR count). The Labute approximate surface area is 188 Å². The molecule has 1 N–H and O–H groups in total. The van der Waals surface area contributed by atoms with Crippen molar-refractivity contribution >= 4 is 21.7 Å². The molecule has 0 radical (unpaired) electrons. The molecule has 0 aromatic carbocycles. The monoisotopic (exact) mass is 466 g/mol. The number of pyridine rings is 1. The smallest absolute Gasteiger partial charge is 0.407 e. The van der Waals surface area contributed by atoms with Crippen molar-refractivity contribution in [2.45, 2.75) is 63.9 Å². The van der Waals surface area contributed by atoms with Gasteiger partial charge in [-0.15, -0.1) is 0 Å². The molecule has 0 aliphatic carbocycles. The van der Waals surface area contributed by atoms with Crippen LogP contribution in [-0.4, -0.2) is 65.3 Å². The van der Waals surface area contributed by atoms with Crippen LogP contribution < -0.4 is 10.2 Å². The maximum Gasteiger partial charge on any atom is 0.407 e.